The van der Waals surface area contributed by atoms with Crippen LogP contribution in [-0.4, -0.2) is 65.1 Å². The summed E-state index contributed by atoms with van der Waals surface area (Å²) < 4.78 is 7.22. The van der Waals surface area contributed by atoms with Crippen molar-refractivity contribution in [2.45, 2.75) is 26.3 Å². The van der Waals surface area contributed by atoms with E-state index in [4.69, 9.17) is 20.4 Å². The van der Waals surface area contributed by atoms with Crippen molar-refractivity contribution in [1.82, 2.24) is 24.4 Å². The van der Waals surface area contributed by atoms with Gasteiger partial charge in [0.05, 0.1) is 26.2 Å². The van der Waals surface area contributed by atoms with Crippen LogP contribution in [0.4, 0.5) is 11.5 Å². The molecule has 4 heterocycles. The van der Waals surface area contributed by atoms with Crippen LogP contribution in [0.2, 0.25) is 6.82 Å². The second kappa shape index (κ2) is 13.0. The van der Waals surface area contributed by atoms with E-state index in [0.29, 0.717) is 23.9 Å². The summed E-state index contributed by atoms with van der Waals surface area (Å²) in [4.78, 5) is 42.7. The maximum absolute atomic E-state index is 12.2. The molecule has 0 aliphatic carbocycles. The van der Waals surface area contributed by atoms with Crippen LogP contribution in [0.1, 0.15) is 12.5 Å². The standard InChI is InChI=1S/C34H31N7O3.CH3B/c1-21-19-39(17-18-40(21)28-29(42)30(43)31(28)44-2)20-22-10-12-24(13-11-22)41-33(25-9-6-16-36-32(25)35)38-27-15-14-26(37-34(27)41)23-7-4-3-5-8-23;1-2/h3-16,21H,17-20H2,1-2H3,(H2,35,36);1H3. The SMILES string of the molecule is COc1c(N2CCN(Cc3ccc(-n4c(-c5cccnc5N)nc5ccc(-c6ccccc6)nc54)cc3)CC2C)c(=O)c1=O.[B]C. The summed E-state index contributed by atoms with van der Waals surface area (Å²) in [6.45, 7) is 6.49. The van der Waals surface area contributed by atoms with Crippen LogP contribution in [0.15, 0.2) is 94.6 Å². The van der Waals surface area contributed by atoms with Crippen LogP contribution in [0, 0.1) is 0 Å². The van der Waals surface area contributed by atoms with Crippen molar-refractivity contribution in [3.63, 3.8) is 0 Å². The van der Waals surface area contributed by atoms with Crippen molar-refractivity contribution in [3.05, 3.63) is 111 Å². The van der Waals surface area contributed by atoms with Crippen molar-refractivity contribution in [3.8, 4) is 34.1 Å². The number of methoxy groups -OCH3 is 1. The molecule has 1 saturated heterocycles. The van der Waals surface area contributed by atoms with Gasteiger partial charge >= 0.3 is 0 Å². The molecule has 1 aliphatic heterocycles. The number of nitrogen functional groups attached to an aromatic ring is 1. The van der Waals surface area contributed by atoms with E-state index in [0.717, 1.165) is 58.9 Å². The zero-order chi connectivity index (χ0) is 32.4. The zero-order valence-electron chi connectivity index (χ0n) is 26.1. The van der Waals surface area contributed by atoms with Gasteiger partial charge < -0.3 is 15.4 Å². The third-order valence-corrected chi connectivity index (χ3v) is 8.30. The highest BCUT2D eigenvalue weighted by Gasteiger charge is 2.33. The fourth-order valence-electron chi connectivity index (χ4n) is 6.09. The lowest BCUT2D eigenvalue weighted by Gasteiger charge is -2.41. The molecule has 3 aromatic carbocycles. The Morgan fingerprint density at radius 3 is 2.37 bits per heavy atom. The molecule has 1 atom stereocenters. The molecule has 0 spiro atoms. The number of imidazole rings is 1. The molecule has 1 aliphatic rings. The highest BCUT2D eigenvalue weighted by Crippen LogP contribution is 2.32. The van der Waals surface area contributed by atoms with E-state index in [-0.39, 0.29) is 11.8 Å². The predicted octanol–water partition coefficient (Wildman–Crippen LogP) is 4.25. The third kappa shape index (κ3) is 5.54. The molecule has 46 heavy (non-hydrogen) atoms. The van der Waals surface area contributed by atoms with Gasteiger partial charge in [-0.25, -0.2) is 15.0 Å². The number of aromatic nitrogens is 4. The first kappa shape index (κ1) is 30.7. The van der Waals surface area contributed by atoms with Crippen molar-refractivity contribution >= 4 is 30.5 Å². The molecule has 7 rings (SSSR count). The van der Waals surface area contributed by atoms with Crippen LogP contribution in [0.3, 0.4) is 0 Å². The van der Waals surface area contributed by atoms with Gasteiger partial charge in [-0.1, -0.05) is 49.3 Å². The lowest BCUT2D eigenvalue weighted by atomic mass is 10.1. The Bertz CT molecular complexity index is 2050. The Morgan fingerprint density at radius 1 is 0.913 bits per heavy atom. The summed E-state index contributed by atoms with van der Waals surface area (Å²) in [6, 6.07) is 26.3. The number of benzene rings is 2. The van der Waals surface area contributed by atoms with E-state index in [1.807, 2.05) is 64.1 Å². The van der Waals surface area contributed by atoms with Crippen molar-refractivity contribution < 1.29 is 4.74 Å². The Morgan fingerprint density at radius 2 is 1.67 bits per heavy atom. The van der Waals surface area contributed by atoms with Crippen LogP contribution < -0.4 is 26.2 Å². The number of hydrogen-bond acceptors (Lipinski definition) is 9. The van der Waals surface area contributed by atoms with E-state index < -0.39 is 10.9 Å². The average Bonchev–Trinajstić information content (AvgIpc) is 3.47. The molecule has 2 N–H and O–H groups in total. The van der Waals surface area contributed by atoms with E-state index >= 15 is 0 Å². The van der Waals surface area contributed by atoms with E-state index in [1.165, 1.54) is 13.9 Å². The highest BCUT2D eigenvalue weighted by atomic mass is 16.5. The summed E-state index contributed by atoms with van der Waals surface area (Å²) in [5.74, 6) is 1.25. The molecule has 2 radical (unpaired) electrons. The molecular weight excluding hydrogens is 577 g/mol. The largest absolute Gasteiger partial charge is 0.491 e. The number of pyridine rings is 2. The zero-order valence-corrected chi connectivity index (χ0v) is 26.1. The van der Waals surface area contributed by atoms with Crippen molar-refractivity contribution in [2.24, 2.45) is 0 Å². The van der Waals surface area contributed by atoms with Crippen molar-refractivity contribution in [2.75, 3.05) is 37.4 Å². The number of fused-ring (bicyclic) bond motifs is 1. The fraction of sp³-hybridized carbons (Fsp3) is 0.229. The van der Waals surface area contributed by atoms with Gasteiger partial charge in [0.1, 0.15) is 17.0 Å². The first-order chi connectivity index (χ1) is 22.4. The second-order valence-electron chi connectivity index (χ2n) is 11.1. The highest BCUT2D eigenvalue weighted by molar-refractivity contribution is 6.05. The molecule has 10 nitrogen and oxygen atoms in total. The quantitative estimate of drug-likeness (QED) is 0.209. The monoisotopic (exact) mass is 611 g/mol. The number of nitrogens with zero attached hydrogens (tertiary/aromatic N) is 6. The van der Waals surface area contributed by atoms with Gasteiger partial charge in [-0.15, -0.1) is 0 Å². The number of nitrogens with two attached hydrogens (primary N) is 1. The smallest absolute Gasteiger partial charge is 0.272 e. The van der Waals surface area contributed by atoms with Gasteiger partial charge in [0, 0.05) is 49.7 Å². The second-order valence-corrected chi connectivity index (χ2v) is 11.1. The normalized spacial score (nSPS) is 15.1. The molecule has 0 amide bonds. The van der Waals surface area contributed by atoms with Crippen LogP contribution in [0.5, 0.6) is 5.75 Å². The maximum Gasteiger partial charge on any atom is 0.272 e. The molecule has 11 heteroatoms. The maximum atomic E-state index is 12.2. The average molecular weight is 612 g/mol. The number of anilines is 2. The number of piperazine rings is 1. The molecule has 3 aromatic heterocycles. The predicted molar refractivity (Wildman–Crippen MR) is 184 cm³/mol. The van der Waals surface area contributed by atoms with Crippen LogP contribution in [0.25, 0.3) is 39.5 Å². The topological polar surface area (TPSA) is 119 Å². The van der Waals surface area contributed by atoms with Gasteiger partial charge in [-0.2, -0.15) is 0 Å². The molecule has 0 bridgehead atoms. The Hall–Kier alpha value is -5.29. The van der Waals surface area contributed by atoms with Crippen LogP contribution >= 0.6 is 0 Å². The first-order valence-corrected chi connectivity index (χ1v) is 15.1. The molecule has 1 fully saturated rings. The fourth-order valence-corrected chi connectivity index (χ4v) is 6.09. The van der Waals surface area contributed by atoms with E-state index in [2.05, 4.69) is 48.9 Å². The number of ether oxygens (including phenoxy) is 1. The third-order valence-electron chi connectivity index (χ3n) is 8.30. The molecule has 230 valence electrons. The molecule has 1 unspecified atom stereocenters. The molecule has 0 saturated carbocycles. The van der Waals surface area contributed by atoms with E-state index in [1.54, 1.807) is 6.20 Å². The summed E-state index contributed by atoms with van der Waals surface area (Å²) in [5.41, 5.74) is 11.9. The number of hydrogen-bond donors (Lipinski definition) is 1. The summed E-state index contributed by atoms with van der Waals surface area (Å²) >= 11 is 0. The van der Waals surface area contributed by atoms with Gasteiger partial charge in [-0.3, -0.25) is 19.1 Å². The Balaban J connectivity index is 0.00000182. The Kier molecular flexibility index (Phi) is 8.67. The number of rotatable bonds is 7. The minimum atomic E-state index is -0.538. The lowest BCUT2D eigenvalue weighted by molar-refractivity contribution is 0.219. The Labute approximate surface area is 268 Å². The minimum absolute atomic E-state index is 0.0647. The molecular formula is C35H34BN7O3. The van der Waals surface area contributed by atoms with Crippen LogP contribution in [-0.2, 0) is 6.54 Å². The van der Waals surface area contributed by atoms with Gasteiger partial charge in [0.25, 0.3) is 10.9 Å². The lowest BCUT2D eigenvalue weighted by Crippen LogP contribution is -2.55. The van der Waals surface area contributed by atoms with Gasteiger partial charge in [0.15, 0.2) is 17.2 Å². The minimum Gasteiger partial charge on any atom is -0.491 e. The summed E-state index contributed by atoms with van der Waals surface area (Å²) in [5, 5.41) is 0. The van der Waals surface area contributed by atoms with Crippen molar-refractivity contribution in [1.29, 1.82) is 0 Å². The summed E-state index contributed by atoms with van der Waals surface area (Å²) in [6.07, 6.45) is 1.67. The van der Waals surface area contributed by atoms with E-state index in [9.17, 15) is 9.59 Å². The van der Waals surface area contributed by atoms with Gasteiger partial charge in [-0.05, 0) is 48.9 Å². The van der Waals surface area contributed by atoms with Gasteiger partial charge in [0.2, 0.25) is 0 Å². The first-order valence-electron chi connectivity index (χ1n) is 15.1. The molecule has 6 aromatic rings. The summed E-state index contributed by atoms with van der Waals surface area (Å²) in [7, 11) is 5.93.